The Labute approximate surface area is 106 Å². The fraction of sp³-hybridized carbons (Fsp3) is 0.889. The van der Waals surface area contributed by atoms with Crippen LogP contribution in [0.25, 0.3) is 0 Å². The number of phosphoric ester groups is 1. The quantitative estimate of drug-likeness (QED) is 0.538. The molecule has 1 heterocycles. The first-order valence-corrected chi connectivity index (χ1v) is 7.71. The molecule has 0 saturated carbocycles. The van der Waals surface area contributed by atoms with E-state index in [0.29, 0.717) is 12.3 Å². The summed E-state index contributed by atoms with van der Waals surface area (Å²) in [6, 6.07) is 0. The summed E-state index contributed by atoms with van der Waals surface area (Å²) in [4.78, 5) is 12.6. The van der Waals surface area contributed by atoms with E-state index in [0.717, 1.165) is 11.8 Å². The van der Waals surface area contributed by atoms with E-state index < -0.39 is 7.82 Å². The molecule has 0 bridgehead atoms. The molecule has 1 aliphatic rings. The van der Waals surface area contributed by atoms with Gasteiger partial charge in [-0.2, -0.15) is 0 Å². The average Bonchev–Trinajstić information content (AvgIpc) is 2.54. The Kier molecular flexibility index (Phi) is 6.12. The fourth-order valence-corrected chi connectivity index (χ4v) is 3.24. The standard InChI is InChI=1S/C9H18NO5PS/c1-8(11)17-5-4-13-16(12)14-7-9(15-16)6-10(2)3/h9H,4-7H2,1-3H3. The predicted octanol–water partition coefficient (Wildman–Crippen LogP) is 1.37. The second kappa shape index (κ2) is 6.87. The first-order valence-electron chi connectivity index (χ1n) is 5.27. The molecule has 6 nitrogen and oxygen atoms in total. The van der Waals surface area contributed by atoms with E-state index in [1.54, 1.807) is 0 Å². The Hall–Kier alpha value is 0.0900. The highest BCUT2D eigenvalue weighted by Crippen LogP contribution is 2.54. The second-order valence-electron chi connectivity index (χ2n) is 3.91. The number of hydrogen-bond donors (Lipinski definition) is 0. The minimum atomic E-state index is -3.39. The summed E-state index contributed by atoms with van der Waals surface area (Å²) in [6.07, 6.45) is -0.226. The lowest BCUT2D eigenvalue weighted by molar-refractivity contribution is -0.109. The van der Waals surface area contributed by atoms with Crippen molar-refractivity contribution in [1.29, 1.82) is 0 Å². The lowest BCUT2D eigenvalue weighted by atomic mass is 10.4. The van der Waals surface area contributed by atoms with Gasteiger partial charge in [0.1, 0.15) is 6.10 Å². The Morgan fingerprint density at radius 2 is 2.29 bits per heavy atom. The first kappa shape index (κ1) is 15.1. The van der Waals surface area contributed by atoms with Gasteiger partial charge in [-0.15, -0.1) is 0 Å². The molecule has 1 fully saturated rings. The summed E-state index contributed by atoms with van der Waals surface area (Å²) < 4.78 is 27.2. The monoisotopic (exact) mass is 283 g/mol. The maximum absolute atomic E-state index is 11.9. The van der Waals surface area contributed by atoms with Crippen LogP contribution in [0.1, 0.15) is 6.92 Å². The number of carbonyl (C=O) groups is 1. The van der Waals surface area contributed by atoms with Gasteiger partial charge in [0.15, 0.2) is 5.12 Å². The first-order chi connectivity index (χ1) is 7.91. The third-order valence-electron chi connectivity index (χ3n) is 1.90. The molecule has 0 aliphatic carbocycles. The summed E-state index contributed by atoms with van der Waals surface area (Å²) in [5.41, 5.74) is 0. The van der Waals surface area contributed by atoms with Crippen LogP contribution in [0.2, 0.25) is 0 Å². The molecule has 17 heavy (non-hydrogen) atoms. The van der Waals surface area contributed by atoms with Crippen molar-refractivity contribution in [2.24, 2.45) is 0 Å². The van der Waals surface area contributed by atoms with Crippen molar-refractivity contribution in [2.45, 2.75) is 13.0 Å². The Morgan fingerprint density at radius 3 is 2.88 bits per heavy atom. The molecule has 1 rings (SSSR count). The zero-order chi connectivity index (χ0) is 12.9. The normalized spacial score (nSPS) is 28.8. The molecule has 0 aromatic rings. The third kappa shape index (κ3) is 5.99. The molecule has 1 aliphatic heterocycles. The highest BCUT2D eigenvalue weighted by Gasteiger charge is 2.38. The van der Waals surface area contributed by atoms with Crippen LogP contribution in [0.4, 0.5) is 0 Å². The van der Waals surface area contributed by atoms with E-state index in [1.165, 1.54) is 6.92 Å². The summed E-state index contributed by atoms with van der Waals surface area (Å²) in [7, 11) is 0.406. The van der Waals surface area contributed by atoms with Crippen LogP contribution in [0, 0.1) is 0 Å². The molecule has 0 amide bonds. The number of nitrogens with zero attached hydrogens (tertiary/aromatic N) is 1. The zero-order valence-corrected chi connectivity index (χ0v) is 12.0. The summed E-state index contributed by atoms with van der Waals surface area (Å²) >= 11 is 1.12. The number of phosphoric acid groups is 1. The van der Waals surface area contributed by atoms with Crippen LogP contribution in [-0.4, -0.2) is 55.7 Å². The van der Waals surface area contributed by atoms with Gasteiger partial charge in [0.2, 0.25) is 0 Å². The molecular formula is C9H18NO5PS. The highest BCUT2D eigenvalue weighted by molar-refractivity contribution is 8.13. The Balaban J connectivity index is 2.24. The van der Waals surface area contributed by atoms with Gasteiger partial charge in [0.25, 0.3) is 0 Å². The molecule has 100 valence electrons. The van der Waals surface area contributed by atoms with Gasteiger partial charge in [-0.05, 0) is 14.1 Å². The van der Waals surface area contributed by atoms with Crippen LogP contribution in [0.15, 0.2) is 0 Å². The summed E-state index contributed by atoms with van der Waals surface area (Å²) in [6.45, 7) is 2.56. The summed E-state index contributed by atoms with van der Waals surface area (Å²) in [5.74, 6) is 0.449. The van der Waals surface area contributed by atoms with Crippen LogP contribution >= 0.6 is 19.6 Å². The van der Waals surface area contributed by atoms with E-state index >= 15 is 0 Å². The van der Waals surface area contributed by atoms with E-state index in [-0.39, 0.29) is 24.4 Å². The number of hydrogen-bond acceptors (Lipinski definition) is 7. The minimum Gasteiger partial charge on any atom is -0.307 e. The Bertz CT molecular complexity index is 312. The number of carbonyl (C=O) groups excluding carboxylic acids is 1. The number of likely N-dealkylation sites (N-methyl/N-ethyl adjacent to an activating group) is 1. The van der Waals surface area contributed by atoms with Crippen molar-refractivity contribution >= 4 is 24.7 Å². The lowest BCUT2D eigenvalue weighted by Crippen LogP contribution is -2.27. The van der Waals surface area contributed by atoms with E-state index in [2.05, 4.69) is 0 Å². The molecule has 2 atom stereocenters. The van der Waals surface area contributed by atoms with E-state index in [4.69, 9.17) is 13.6 Å². The molecule has 0 radical (unpaired) electrons. The maximum Gasteiger partial charge on any atom is 0.475 e. The van der Waals surface area contributed by atoms with Crippen molar-refractivity contribution in [3.05, 3.63) is 0 Å². The van der Waals surface area contributed by atoms with E-state index in [9.17, 15) is 9.36 Å². The predicted molar refractivity (Wildman–Crippen MR) is 66.1 cm³/mol. The van der Waals surface area contributed by atoms with Crippen LogP contribution in [0.5, 0.6) is 0 Å². The maximum atomic E-state index is 11.9. The molecule has 0 spiro atoms. The minimum absolute atomic E-state index is 0.00521. The van der Waals surface area contributed by atoms with Crippen LogP contribution in [-0.2, 0) is 22.9 Å². The molecule has 0 N–H and O–H groups in total. The molecule has 8 heteroatoms. The number of rotatable bonds is 6. The van der Waals surface area contributed by atoms with Crippen molar-refractivity contribution in [1.82, 2.24) is 4.90 Å². The van der Waals surface area contributed by atoms with Gasteiger partial charge in [0.05, 0.1) is 13.2 Å². The van der Waals surface area contributed by atoms with Gasteiger partial charge in [-0.3, -0.25) is 18.4 Å². The topological polar surface area (TPSA) is 65.1 Å². The van der Waals surface area contributed by atoms with Gasteiger partial charge >= 0.3 is 7.82 Å². The van der Waals surface area contributed by atoms with Gasteiger partial charge < -0.3 is 4.90 Å². The fourth-order valence-electron chi connectivity index (χ4n) is 1.31. The van der Waals surface area contributed by atoms with Crippen LogP contribution < -0.4 is 0 Å². The van der Waals surface area contributed by atoms with E-state index in [1.807, 2.05) is 19.0 Å². The smallest absolute Gasteiger partial charge is 0.307 e. The van der Waals surface area contributed by atoms with Gasteiger partial charge in [-0.25, -0.2) is 4.57 Å². The van der Waals surface area contributed by atoms with Gasteiger partial charge in [0, 0.05) is 19.2 Å². The van der Waals surface area contributed by atoms with Crippen molar-refractivity contribution in [2.75, 3.05) is 39.6 Å². The summed E-state index contributed by atoms with van der Waals surface area (Å²) in [5, 5.41) is 0.00521. The Morgan fingerprint density at radius 1 is 1.59 bits per heavy atom. The van der Waals surface area contributed by atoms with Crippen LogP contribution in [0.3, 0.4) is 0 Å². The molecule has 0 aromatic carbocycles. The average molecular weight is 283 g/mol. The largest absolute Gasteiger partial charge is 0.475 e. The number of thioether (sulfide) groups is 1. The highest BCUT2D eigenvalue weighted by atomic mass is 32.2. The molecular weight excluding hydrogens is 265 g/mol. The van der Waals surface area contributed by atoms with Crippen molar-refractivity contribution < 1.29 is 22.9 Å². The van der Waals surface area contributed by atoms with Crippen molar-refractivity contribution in [3.63, 3.8) is 0 Å². The second-order valence-corrected chi connectivity index (χ2v) is 6.80. The zero-order valence-electron chi connectivity index (χ0n) is 10.2. The molecule has 2 unspecified atom stereocenters. The molecule has 0 aromatic heterocycles. The lowest BCUT2D eigenvalue weighted by Gasteiger charge is -2.14. The van der Waals surface area contributed by atoms with Gasteiger partial charge in [-0.1, -0.05) is 11.8 Å². The van der Waals surface area contributed by atoms with Crippen molar-refractivity contribution in [3.8, 4) is 0 Å². The third-order valence-corrected chi connectivity index (χ3v) is 4.20. The SMILES string of the molecule is CC(=O)SCCOP1(=O)OCC(CN(C)C)O1. The molecule has 1 saturated heterocycles.